The summed E-state index contributed by atoms with van der Waals surface area (Å²) in [7, 11) is 0. The third-order valence-corrected chi connectivity index (χ3v) is 9.13. The Balaban J connectivity index is 1.65. The smallest absolute Gasteiger partial charge is 0.337 e. The largest absolute Gasteiger partial charge is 0.458 e. The molecule has 0 aromatic rings. The number of alkyl halides is 1. The number of esters is 1. The second-order valence-electron chi connectivity index (χ2n) is 9.79. The van der Waals surface area contributed by atoms with Crippen LogP contribution in [0, 0.1) is 17.3 Å². The minimum absolute atomic E-state index is 0.132. The summed E-state index contributed by atoms with van der Waals surface area (Å²) in [4.78, 5) is 12.1. The van der Waals surface area contributed by atoms with Gasteiger partial charge >= 0.3 is 5.97 Å². The summed E-state index contributed by atoms with van der Waals surface area (Å²) in [6, 6.07) is 0. The number of epoxide rings is 1. The molecule has 0 amide bonds. The first-order chi connectivity index (χ1) is 13.0. The highest BCUT2D eigenvalue weighted by molar-refractivity contribution is 6.22. The van der Waals surface area contributed by atoms with E-state index in [2.05, 4.69) is 0 Å². The Bertz CT molecular complexity index is 797. The molecule has 9 atom stereocenters. The zero-order valence-corrected chi connectivity index (χ0v) is 16.9. The number of hydrogen-bond donors (Lipinski definition) is 4. The molecule has 156 valence electrons. The summed E-state index contributed by atoms with van der Waals surface area (Å²) in [6.07, 6.45) is -2.29. The number of carbonyl (C=O) groups excluding carboxylic acids is 1. The zero-order valence-electron chi connectivity index (χ0n) is 16.2. The van der Waals surface area contributed by atoms with E-state index in [1.807, 2.05) is 6.92 Å². The van der Waals surface area contributed by atoms with E-state index >= 15 is 0 Å². The highest BCUT2D eigenvalue weighted by Crippen LogP contribution is 2.74. The molecule has 8 heteroatoms. The van der Waals surface area contributed by atoms with Gasteiger partial charge in [-0.1, -0.05) is 20.8 Å². The summed E-state index contributed by atoms with van der Waals surface area (Å²) in [5.41, 5.74) is -4.26. The summed E-state index contributed by atoms with van der Waals surface area (Å²) >= 11 is 6.65. The molecular weight excluding hydrogens is 388 g/mol. The maximum atomic E-state index is 12.1. The van der Waals surface area contributed by atoms with Gasteiger partial charge < -0.3 is 29.9 Å². The minimum Gasteiger partial charge on any atom is -0.458 e. The monoisotopic (exact) mass is 414 g/mol. The van der Waals surface area contributed by atoms with Crippen LogP contribution in [0.25, 0.3) is 0 Å². The lowest BCUT2D eigenvalue weighted by molar-refractivity contribution is -0.261. The van der Waals surface area contributed by atoms with Gasteiger partial charge in [-0.15, -0.1) is 11.6 Å². The van der Waals surface area contributed by atoms with E-state index in [1.165, 1.54) is 0 Å². The average Bonchev–Trinajstić information content (AvgIpc) is 3.29. The van der Waals surface area contributed by atoms with Crippen LogP contribution >= 0.6 is 11.6 Å². The van der Waals surface area contributed by atoms with Gasteiger partial charge in [-0.2, -0.15) is 0 Å². The molecule has 7 nitrogen and oxygen atoms in total. The van der Waals surface area contributed by atoms with Gasteiger partial charge in [-0.3, -0.25) is 0 Å². The molecule has 0 aromatic carbocycles. The lowest BCUT2D eigenvalue weighted by Crippen LogP contribution is -2.79. The molecule has 1 saturated heterocycles. The number of rotatable bonds is 1. The quantitative estimate of drug-likeness (QED) is 0.276. The van der Waals surface area contributed by atoms with Gasteiger partial charge in [0.2, 0.25) is 0 Å². The van der Waals surface area contributed by atoms with Crippen molar-refractivity contribution in [2.45, 2.75) is 80.5 Å². The van der Waals surface area contributed by atoms with Crippen molar-refractivity contribution in [1.29, 1.82) is 0 Å². The van der Waals surface area contributed by atoms with Crippen molar-refractivity contribution in [2.75, 3.05) is 6.61 Å². The van der Waals surface area contributed by atoms with Gasteiger partial charge in [0.1, 0.15) is 35.6 Å². The maximum Gasteiger partial charge on any atom is 0.337 e. The summed E-state index contributed by atoms with van der Waals surface area (Å²) in [5, 5.41) is 44.0. The summed E-state index contributed by atoms with van der Waals surface area (Å²) in [6.45, 7) is 5.57. The highest BCUT2D eigenvalue weighted by Gasteiger charge is 2.88. The summed E-state index contributed by atoms with van der Waals surface area (Å²) in [5.74, 6) is -1.01. The third kappa shape index (κ3) is 1.75. The second-order valence-corrected chi connectivity index (χ2v) is 10.3. The Hall–Kier alpha value is -0.700. The van der Waals surface area contributed by atoms with Crippen LogP contribution in [-0.2, 0) is 14.3 Å². The van der Waals surface area contributed by atoms with E-state index in [-0.39, 0.29) is 25.4 Å². The molecule has 0 aromatic heterocycles. The predicted molar refractivity (Wildman–Crippen MR) is 97.4 cm³/mol. The minimum atomic E-state index is -1.70. The average molecular weight is 415 g/mol. The Labute approximate surface area is 168 Å². The Kier molecular flexibility index (Phi) is 3.66. The first-order valence-corrected chi connectivity index (χ1v) is 10.4. The number of cyclic esters (lactones) is 1. The van der Waals surface area contributed by atoms with Crippen LogP contribution in [0.2, 0.25) is 0 Å². The maximum absolute atomic E-state index is 12.1. The van der Waals surface area contributed by atoms with Crippen LogP contribution in [-0.4, -0.2) is 73.5 Å². The fourth-order valence-electron chi connectivity index (χ4n) is 7.04. The molecule has 2 aliphatic heterocycles. The number of carbonyl (C=O) groups is 1. The van der Waals surface area contributed by atoms with E-state index < -0.39 is 57.8 Å². The molecule has 2 heterocycles. The van der Waals surface area contributed by atoms with Crippen LogP contribution < -0.4 is 0 Å². The van der Waals surface area contributed by atoms with Crippen molar-refractivity contribution in [1.82, 2.24) is 0 Å². The molecular formula is C20H27ClO7. The van der Waals surface area contributed by atoms with E-state index in [9.17, 15) is 25.2 Å². The lowest BCUT2D eigenvalue weighted by atomic mass is 9.44. The van der Waals surface area contributed by atoms with Crippen molar-refractivity contribution < 1.29 is 34.7 Å². The molecule has 3 aliphatic carbocycles. The topological polar surface area (TPSA) is 120 Å². The standard InChI is InChI=1S/C20H27ClO7/c1-8(2)19(26)13(21)14-20(28-14)17(3)6-11(22)12-9(7-27-15(12)23)10(17)4-5-18(20,25)16(19)24/h8,10-11,13-14,16,22,24-26H,4-7H2,1-3H3/t10-,11-,13+,14+,16-,17-,18+,19-,20+/m0/s1. The number of aliphatic hydroxyl groups is 4. The van der Waals surface area contributed by atoms with Gasteiger partial charge in [0, 0.05) is 5.41 Å². The van der Waals surface area contributed by atoms with E-state index in [1.54, 1.807) is 13.8 Å². The Morgan fingerprint density at radius 2 is 1.93 bits per heavy atom. The van der Waals surface area contributed by atoms with Crippen LogP contribution in [0.1, 0.15) is 40.0 Å². The van der Waals surface area contributed by atoms with Crippen LogP contribution in [0.15, 0.2) is 11.1 Å². The normalized spacial score (nSPS) is 57.3. The van der Waals surface area contributed by atoms with E-state index in [4.69, 9.17) is 21.1 Å². The number of hydrogen-bond acceptors (Lipinski definition) is 7. The van der Waals surface area contributed by atoms with Crippen molar-refractivity contribution >= 4 is 17.6 Å². The molecule has 5 rings (SSSR count). The van der Waals surface area contributed by atoms with Gasteiger partial charge in [0.25, 0.3) is 0 Å². The number of halogens is 1. The lowest BCUT2D eigenvalue weighted by Gasteiger charge is -2.62. The molecule has 1 spiro atoms. The van der Waals surface area contributed by atoms with Gasteiger partial charge in [-0.05, 0) is 36.7 Å². The molecule has 3 fully saturated rings. The first-order valence-electron chi connectivity index (χ1n) is 9.99. The van der Waals surface area contributed by atoms with Crippen molar-refractivity contribution in [3.63, 3.8) is 0 Å². The fraction of sp³-hybridized carbons (Fsp3) is 0.850. The molecule has 0 unspecified atom stereocenters. The van der Waals surface area contributed by atoms with Crippen LogP contribution in [0.5, 0.6) is 0 Å². The Morgan fingerprint density at radius 1 is 1.25 bits per heavy atom. The third-order valence-electron chi connectivity index (χ3n) is 8.55. The molecule has 0 radical (unpaired) electrons. The summed E-state index contributed by atoms with van der Waals surface area (Å²) < 4.78 is 11.3. The van der Waals surface area contributed by atoms with Crippen molar-refractivity contribution in [3.8, 4) is 0 Å². The van der Waals surface area contributed by atoms with Crippen molar-refractivity contribution in [2.24, 2.45) is 17.3 Å². The number of aliphatic hydroxyl groups excluding tert-OH is 2. The highest BCUT2D eigenvalue weighted by atomic mass is 35.5. The predicted octanol–water partition coefficient (Wildman–Crippen LogP) is 0.258. The zero-order chi connectivity index (χ0) is 20.4. The molecule has 4 N–H and O–H groups in total. The van der Waals surface area contributed by atoms with Gasteiger partial charge in [0.05, 0.1) is 17.1 Å². The number of ether oxygens (including phenoxy) is 2. The van der Waals surface area contributed by atoms with E-state index in [0.29, 0.717) is 12.0 Å². The molecule has 0 bridgehead atoms. The van der Waals surface area contributed by atoms with Crippen molar-refractivity contribution in [3.05, 3.63) is 11.1 Å². The number of fused-ring (bicyclic) bond motifs is 2. The SMILES string of the molecule is CC(C)[C@]1(O)[C@H](Cl)[C@H]2O[C@@]23[C@@]2(C)C[C@H](O)C4=C(COC4=O)[C@@H]2CC[C@@]3(O)[C@@H]1O. The second kappa shape index (κ2) is 5.31. The van der Waals surface area contributed by atoms with E-state index in [0.717, 1.165) is 5.57 Å². The first kappa shape index (κ1) is 19.3. The van der Waals surface area contributed by atoms with Crippen LogP contribution in [0.4, 0.5) is 0 Å². The Morgan fingerprint density at radius 3 is 2.57 bits per heavy atom. The van der Waals surface area contributed by atoms with Crippen LogP contribution in [0.3, 0.4) is 0 Å². The fourth-order valence-corrected chi connectivity index (χ4v) is 7.64. The van der Waals surface area contributed by atoms with Gasteiger partial charge in [-0.25, -0.2) is 4.79 Å². The molecule has 28 heavy (non-hydrogen) atoms. The molecule has 2 saturated carbocycles. The molecule has 5 aliphatic rings. The van der Waals surface area contributed by atoms with Gasteiger partial charge in [0.15, 0.2) is 0 Å².